The molecule has 0 spiro atoms. The smallest absolute Gasteiger partial charge is 0.211 e. The summed E-state index contributed by atoms with van der Waals surface area (Å²) in [6, 6.07) is 0. The van der Waals surface area contributed by atoms with Crippen LogP contribution in [0.5, 0.6) is 0 Å². The minimum atomic E-state index is -3.13. The lowest BCUT2D eigenvalue weighted by atomic mass is 9.98. The van der Waals surface area contributed by atoms with Gasteiger partial charge in [-0.3, -0.25) is 0 Å². The monoisotopic (exact) mass is 306 g/mol. The maximum absolute atomic E-state index is 11.7. The molecule has 0 saturated heterocycles. The van der Waals surface area contributed by atoms with Crippen molar-refractivity contribution >= 4 is 10.0 Å². The largest absolute Gasteiger partial charge is 0.377 e. The topological polar surface area (TPSA) is 67.4 Å². The van der Waals surface area contributed by atoms with Crippen LogP contribution in [0.4, 0.5) is 0 Å². The number of ether oxygens (including phenoxy) is 1. The van der Waals surface area contributed by atoms with Gasteiger partial charge in [0.2, 0.25) is 10.0 Å². The third-order valence-electron chi connectivity index (χ3n) is 3.60. The van der Waals surface area contributed by atoms with E-state index >= 15 is 0 Å². The van der Waals surface area contributed by atoms with E-state index in [4.69, 9.17) is 4.74 Å². The van der Waals surface area contributed by atoms with Crippen molar-refractivity contribution in [2.24, 2.45) is 0 Å². The summed E-state index contributed by atoms with van der Waals surface area (Å²) in [6.07, 6.45) is 7.96. The van der Waals surface area contributed by atoms with Gasteiger partial charge in [0.25, 0.3) is 0 Å². The lowest BCUT2D eigenvalue weighted by Gasteiger charge is -2.21. The van der Waals surface area contributed by atoms with Crippen LogP contribution in [0.15, 0.2) is 0 Å². The zero-order valence-electron chi connectivity index (χ0n) is 12.7. The molecule has 0 heterocycles. The van der Waals surface area contributed by atoms with Gasteiger partial charge in [-0.25, -0.2) is 13.1 Å². The van der Waals surface area contributed by atoms with E-state index in [-0.39, 0.29) is 5.75 Å². The Kier molecular flexibility index (Phi) is 9.42. The minimum Gasteiger partial charge on any atom is -0.377 e. The van der Waals surface area contributed by atoms with E-state index in [0.29, 0.717) is 25.7 Å². The zero-order valence-corrected chi connectivity index (χ0v) is 13.5. The highest BCUT2D eigenvalue weighted by atomic mass is 32.2. The summed E-state index contributed by atoms with van der Waals surface area (Å²) in [6.45, 7) is 4.75. The van der Waals surface area contributed by atoms with Crippen molar-refractivity contribution in [2.75, 3.05) is 32.0 Å². The van der Waals surface area contributed by atoms with Crippen molar-refractivity contribution in [3.63, 3.8) is 0 Å². The Bertz CT molecular complexity index is 327. The van der Waals surface area contributed by atoms with Crippen LogP contribution in [-0.4, -0.2) is 46.5 Å². The summed E-state index contributed by atoms with van der Waals surface area (Å²) in [5.74, 6) is 0.210. The van der Waals surface area contributed by atoms with Crippen molar-refractivity contribution < 1.29 is 13.2 Å². The number of sulfonamides is 1. The van der Waals surface area contributed by atoms with E-state index in [1.807, 2.05) is 6.92 Å². The Morgan fingerprint density at radius 2 is 1.85 bits per heavy atom. The second-order valence-corrected chi connectivity index (χ2v) is 7.33. The third kappa shape index (κ3) is 8.89. The Morgan fingerprint density at radius 1 is 1.10 bits per heavy atom. The molecule has 2 N–H and O–H groups in total. The molecule has 5 nitrogen and oxygen atoms in total. The van der Waals surface area contributed by atoms with Gasteiger partial charge >= 0.3 is 0 Å². The quantitative estimate of drug-likeness (QED) is 0.570. The van der Waals surface area contributed by atoms with Gasteiger partial charge in [-0.05, 0) is 38.8 Å². The minimum absolute atomic E-state index is 0.210. The summed E-state index contributed by atoms with van der Waals surface area (Å²) in [5.41, 5.74) is 0. The lowest BCUT2D eigenvalue weighted by Crippen LogP contribution is -2.31. The molecular weight excluding hydrogens is 276 g/mol. The van der Waals surface area contributed by atoms with Crippen LogP contribution in [0, 0.1) is 0 Å². The van der Waals surface area contributed by atoms with Gasteiger partial charge in [-0.1, -0.05) is 26.2 Å². The summed E-state index contributed by atoms with van der Waals surface area (Å²) < 4.78 is 31.8. The molecule has 0 bridgehead atoms. The van der Waals surface area contributed by atoms with Crippen LogP contribution < -0.4 is 10.0 Å². The Labute approximate surface area is 123 Å². The van der Waals surface area contributed by atoms with E-state index in [9.17, 15) is 8.42 Å². The van der Waals surface area contributed by atoms with Crippen LogP contribution in [0.2, 0.25) is 0 Å². The van der Waals surface area contributed by atoms with Crippen LogP contribution in [0.1, 0.15) is 51.9 Å². The fourth-order valence-corrected chi connectivity index (χ4v) is 3.57. The van der Waals surface area contributed by atoms with Crippen molar-refractivity contribution in [1.29, 1.82) is 0 Å². The summed E-state index contributed by atoms with van der Waals surface area (Å²) >= 11 is 0. The van der Waals surface area contributed by atoms with Crippen LogP contribution in [0.3, 0.4) is 0 Å². The first-order valence-electron chi connectivity index (χ1n) is 7.93. The second-order valence-electron chi connectivity index (χ2n) is 5.40. The molecule has 0 amide bonds. The molecule has 0 aromatic rings. The van der Waals surface area contributed by atoms with Gasteiger partial charge in [0.1, 0.15) is 0 Å². The zero-order chi connectivity index (χ0) is 14.7. The molecule has 0 aliphatic heterocycles. The first kappa shape index (κ1) is 17.9. The highest BCUT2D eigenvalue weighted by Gasteiger charge is 2.14. The molecular formula is C14H30N2O3S. The molecule has 1 aliphatic carbocycles. The normalized spacial score (nSPS) is 17.4. The Balaban J connectivity index is 2.01. The molecule has 0 aromatic carbocycles. The molecule has 20 heavy (non-hydrogen) atoms. The maximum Gasteiger partial charge on any atom is 0.211 e. The molecule has 0 unspecified atom stereocenters. The molecule has 1 fully saturated rings. The first-order valence-corrected chi connectivity index (χ1v) is 9.59. The van der Waals surface area contributed by atoms with Crippen LogP contribution >= 0.6 is 0 Å². The average Bonchev–Trinajstić information content (AvgIpc) is 2.44. The van der Waals surface area contributed by atoms with Gasteiger partial charge in [0.05, 0.1) is 18.5 Å². The predicted molar refractivity (Wildman–Crippen MR) is 82.4 cm³/mol. The third-order valence-corrected chi connectivity index (χ3v) is 5.07. The van der Waals surface area contributed by atoms with Gasteiger partial charge < -0.3 is 10.1 Å². The number of unbranched alkanes of at least 4 members (excludes halogenated alkanes) is 1. The SMILES string of the molecule is CCNCCCCS(=O)(=O)NCCOC1CCCCC1. The summed E-state index contributed by atoms with van der Waals surface area (Å²) in [4.78, 5) is 0. The van der Waals surface area contributed by atoms with Crippen LogP contribution in [0.25, 0.3) is 0 Å². The molecule has 0 aromatic heterocycles. The van der Waals surface area contributed by atoms with Gasteiger partial charge in [0.15, 0.2) is 0 Å². The van der Waals surface area contributed by atoms with Crippen LogP contribution in [-0.2, 0) is 14.8 Å². The van der Waals surface area contributed by atoms with Crippen molar-refractivity contribution in [3.05, 3.63) is 0 Å². The van der Waals surface area contributed by atoms with Gasteiger partial charge in [0, 0.05) is 6.54 Å². The highest BCUT2D eigenvalue weighted by molar-refractivity contribution is 7.89. The molecule has 1 aliphatic rings. The second kappa shape index (κ2) is 10.5. The summed E-state index contributed by atoms with van der Waals surface area (Å²) in [5, 5.41) is 3.19. The van der Waals surface area contributed by atoms with E-state index in [0.717, 1.165) is 32.4 Å². The van der Waals surface area contributed by atoms with Crippen molar-refractivity contribution in [1.82, 2.24) is 10.0 Å². The maximum atomic E-state index is 11.7. The fourth-order valence-electron chi connectivity index (χ4n) is 2.45. The van der Waals surface area contributed by atoms with E-state index < -0.39 is 10.0 Å². The highest BCUT2D eigenvalue weighted by Crippen LogP contribution is 2.19. The summed E-state index contributed by atoms with van der Waals surface area (Å²) in [7, 11) is -3.13. The molecule has 1 rings (SSSR count). The molecule has 6 heteroatoms. The molecule has 0 radical (unpaired) electrons. The van der Waals surface area contributed by atoms with E-state index in [2.05, 4.69) is 10.0 Å². The predicted octanol–water partition coefficient (Wildman–Crippen LogP) is 1.64. The number of hydrogen-bond acceptors (Lipinski definition) is 4. The Morgan fingerprint density at radius 3 is 2.55 bits per heavy atom. The molecule has 0 atom stereocenters. The first-order chi connectivity index (χ1) is 9.64. The lowest BCUT2D eigenvalue weighted by molar-refractivity contribution is 0.0321. The van der Waals surface area contributed by atoms with Crippen molar-refractivity contribution in [3.8, 4) is 0 Å². The standard InChI is InChI=1S/C14H30N2O3S/c1-2-15-10-6-7-13-20(17,18)16-11-12-19-14-8-4-3-5-9-14/h14-16H,2-13H2,1H3. The van der Waals surface area contributed by atoms with Gasteiger partial charge in [-0.15, -0.1) is 0 Å². The van der Waals surface area contributed by atoms with Gasteiger partial charge in [-0.2, -0.15) is 0 Å². The fraction of sp³-hybridized carbons (Fsp3) is 1.00. The number of hydrogen-bond donors (Lipinski definition) is 2. The number of nitrogens with one attached hydrogen (secondary N) is 2. The average molecular weight is 306 g/mol. The molecule has 1 saturated carbocycles. The van der Waals surface area contributed by atoms with Crippen molar-refractivity contribution in [2.45, 2.75) is 58.0 Å². The van der Waals surface area contributed by atoms with E-state index in [1.54, 1.807) is 0 Å². The van der Waals surface area contributed by atoms with E-state index in [1.165, 1.54) is 19.3 Å². The number of rotatable bonds is 11. The Hall–Kier alpha value is -0.170. The molecule has 120 valence electrons.